The number of nitrogens with zero attached hydrogens (tertiary/aromatic N) is 2. The Kier molecular flexibility index (Phi) is 6.61. The van der Waals surface area contributed by atoms with Crippen LogP contribution in [0.2, 0.25) is 5.02 Å². The molecule has 2 aromatic carbocycles. The van der Waals surface area contributed by atoms with E-state index in [1.807, 2.05) is 30.3 Å². The lowest BCUT2D eigenvalue weighted by atomic mass is 10.2. The van der Waals surface area contributed by atoms with Crippen LogP contribution in [0.5, 0.6) is 0 Å². The van der Waals surface area contributed by atoms with Gasteiger partial charge in [-0.3, -0.25) is 14.6 Å². The molecule has 3 rings (SSSR count). The summed E-state index contributed by atoms with van der Waals surface area (Å²) >= 11 is 5.86. The quantitative estimate of drug-likeness (QED) is 0.843. The van der Waals surface area contributed by atoms with Gasteiger partial charge in [0.2, 0.25) is 5.91 Å². The predicted octanol–water partition coefficient (Wildman–Crippen LogP) is 2.91. The van der Waals surface area contributed by atoms with Gasteiger partial charge in [-0.1, -0.05) is 35.9 Å². The third-order valence-corrected chi connectivity index (χ3v) is 4.78. The SMILES string of the molecule is O=C(CN1CCN(Cc2cccc(F)c2)CC1)NCc1ccc(Cl)cc1. The van der Waals surface area contributed by atoms with E-state index in [9.17, 15) is 9.18 Å². The van der Waals surface area contributed by atoms with Gasteiger partial charge in [-0.2, -0.15) is 0 Å². The summed E-state index contributed by atoms with van der Waals surface area (Å²) in [5.74, 6) is -0.169. The monoisotopic (exact) mass is 375 g/mol. The van der Waals surface area contributed by atoms with E-state index < -0.39 is 0 Å². The molecular formula is C20H23ClFN3O. The topological polar surface area (TPSA) is 35.6 Å². The first-order chi connectivity index (χ1) is 12.6. The second-order valence-electron chi connectivity index (χ2n) is 6.59. The summed E-state index contributed by atoms with van der Waals surface area (Å²) in [6, 6.07) is 14.2. The van der Waals surface area contributed by atoms with E-state index in [1.54, 1.807) is 12.1 Å². The van der Waals surface area contributed by atoms with Crippen LogP contribution >= 0.6 is 11.6 Å². The summed E-state index contributed by atoms with van der Waals surface area (Å²) in [7, 11) is 0. The first-order valence-electron chi connectivity index (χ1n) is 8.79. The fourth-order valence-electron chi connectivity index (χ4n) is 3.06. The van der Waals surface area contributed by atoms with Crippen molar-refractivity contribution in [1.82, 2.24) is 15.1 Å². The summed E-state index contributed by atoms with van der Waals surface area (Å²) in [5, 5.41) is 3.63. The molecule has 1 N–H and O–H groups in total. The van der Waals surface area contributed by atoms with Gasteiger partial charge < -0.3 is 5.32 Å². The van der Waals surface area contributed by atoms with Gasteiger partial charge >= 0.3 is 0 Å². The second kappa shape index (κ2) is 9.12. The molecule has 138 valence electrons. The summed E-state index contributed by atoms with van der Waals surface area (Å²) in [4.78, 5) is 16.6. The minimum absolute atomic E-state index is 0.0264. The molecule has 0 spiro atoms. The zero-order valence-corrected chi connectivity index (χ0v) is 15.4. The second-order valence-corrected chi connectivity index (χ2v) is 7.02. The normalized spacial score (nSPS) is 15.8. The summed E-state index contributed by atoms with van der Waals surface area (Å²) in [6.45, 7) is 5.08. The molecular weight excluding hydrogens is 353 g/mol. The molecule has 0 unspecified atom stereocenters. The molecule has 1 aliphatic rings. The molecule has 0 bridgehead atoms. The van der Waals surface area contributed by atoms with Gasteiger partial charge in [-0.25, -0.2) is 4.39 Å². The summed E-state index contributed by atoms with van der Waals surface area (Å²) < 4.78 is 13.3. The Morgan fingerprint density at radius 1 is 1.00 bits per heavy atom. The van der Waals surface area contributed by atoms with Gasteiger partial charge in [0.15, 0.2) is 0 Å². The molecule has 0 aliphatic carbocycles. The Hall–Kier alpha value is -1.95. The van der Waals surface area contributed by atoms with Crippen LogP contribution in [0.4, 0.5) is 4.39 Å². The van der Waals surface area contributed by atoms with Crippen LogP contribution in [-0.2, 0) is 17.9 Å². The predicted molar refractivity (Wildman–Crippen MR) is 101 cm³/mol. The molecule has 26 heavy (non-hydrogen) atoms. The van der Waals surface area contributed by atoms with Crippen molar-refractivity contribution in [3.05, 3.63) is 70.5 Å². The van der Waals surface area contributed by atoms with E-state index in [0.717, 1.165) is 43.9 Å². The Balaban J connectivity index is 1.38. The highest BCUT2D eigenvalue weighted by Gasteiger charge is 2.19. The minimum atomic E-state index is -0.196. The molecule has 6 heteroatoms. The third-order valence-electron chi connectivity index (χ3n) is 4.53. The highest BCUT2D eigenvalue weighted by Crippen LogP contribution is 2.11. The number of amides is 1. The zero-order chi connectivity index (χ0) is 18.4. The van der Waals surface area contributed by atoms with Crippen molar-refractivity contribution in [2.75, 3.05) is 32.7 Å². The van der Waals surface area contributed by atoms with Crippen LogP contribution in [0.15, 0.2) is 48.5 Å². The van der Waals surface area contributed by atoms with Gasteiger partial charge in [-0.15, -0.1) is 0 Å². The number of rotatable bonds is 6. The standard InChI is InChI=1S/C20H23ClFN3O/c21-18-6-4-16(5-7-18)13-23-20(26)15-25-10-8-24(9-11-25)14-17-2-1-3-19(22)12-17/h1-7,12H,8-11,13-15H2,(H,23,26). The van der Waals surface area contributed by atoms with Gasteiger partial charge in [0.1, 0.15) is 5.82 Å². The molecule has 0 aromatic heterocycles. The summed E-state index contributed by atoms with van der Waals surface area (Å²) in [6.07, 6.45) is 0. The van der Waals surface area contributed by atoms with E-state index in [-0.39, 0.29) is 11.7 Å². The van der Waals surface area contributed by atoms with Crippen LogP contribution in [-0.4, -0.2) is 48.4 Å². The van der Waals surface area contributed by atoms with Crippen molar-refractivity contribution in [2.45, 2.75) is 13.1 Å². The molecule has 0 radical (unpaired) electrons. The van der Waals surface area contributed by atoms with Crippen LogP contribution in [0, 0.1) is 5.82 Å². The van der Waals surface area contributed by atoms with Gasteiger partial charge in [0, 0.05) is 44.3 Å². The molecule has 0 atom stereocenters. The number of nitrogens with one attached hydrogen (secondary N) is 1. The molecule has 1 amide bonds. The number of piperazine rings is 1. The number of hydrogen-bond acceptors (Lipinski definition) is 3. The fourth-order valence-corrected chi connectivity index (χ4v) is 3.19. The molecule has 1 aliphatic heterocycles. The van der Waals surface area contributed by atoms with Crippen LogP contribution in [0.3, 0.4) is 0 Å². The van der Waals surface area contributed by atoms with Gasteiger partial charge in [-0.05, 0) is 35.4 Å². The van der Waals surface area contributed by atoms with Crippen molar-refractivity contribution < 1.29 is 9.18 Å². The minimum Gasteiger partial charge on any atom is -0.351 e. The van der Waals surface area contributed by atoms with E-state index in [2.05, 4.69) is 15.1 Å². The Morgan fingerprint density at radius 2 is 1.69 bits per heavy atom. The number of carbonyl (C=O) groups is 1. The lowest BCUT2D eigenvalue weighted by Crippen LogP contribution is -2.49. The maximum absolute atomic E-state index is 13.3. The number of halogens is 2. The Morgan fingerprint density at radius 3 is 2.38 bits per heavy atom. The zero-order valence-electron chi connectivity index (χ0n) is 14.6. The average molecular weight is 376 g/mol. The van der Waals surface area contributed by atoms with Crippen LogP contribution in [0.1, 0.15) is 11.1 Å². The Bertz CT molecular complexity index is 730. The first kappa shape index (κ1) is 18.8. The van der Waals surface area contributed by atoms with E-state index in [1.165, 1.54) is 6.07 Å². The first-order valence-corrected chi connectivity index (χ1v) is 9.16. The molecule has 1 saturated heterocycles. The van der Waals surface area contributed by atoms with Crippen molar-refractivity contribution in [3.8, 4) is 0 Å². The van der Waals surface area contributed by atoms with Crippen molar-refractivity contribution in [3.63, 3.8) is 0 Å². The molecule has 2 aromatic rings. The highest BCUT2D eigenvalue weighted by atomic mass is 35.5. The fraction of sp³-hybridized carbons (Fsp3) is 0.350. The molecule has 4 nitrogen and oxygen atoms in total. The summed E-state index contributed by atoms with van der Waals surface area (Å²) in [5.41, 5.74) is 2.02. The molecule has 0 saturated carbocycles. The smallest absolute Gasteiger partial charge is 0.234 e. The van der Waals surface area contributed by atoms with E-state index in [0.29, 0.717) is 18.1 Å². The van der Waals surface area contributed by atoms with E-state index in [4.69, 9.17) is 11.6 Å². The Labute approximate surface area is 158 Å². The molecule has 1 fully saturated rings. The average Bonchev–Trinajstić information content (AvgIpc) is 2.63. The van der Waals surface area contributed by atoms with Crippen LogP contribution in [0.25, 0.3) is 0 Å². The van der Waals surface area contributed by atoms with Crippen molar-refractivity contribution >= 4 is 17.5 Å². The molecule has 1 heterocycles. The maximum Gasteiger partial charge on any atom is 0.234 e. The largest absolute Gasteiger partial charge is 0.351 e. The number of hydrogen-bond donors (Lipinski definition) is 1. The number of carbonyl (C=O) groups excluding carboxylic acids is 1. The third kappa shape index (κ3) is 5.80. The highest BCUT2D eigenvalue weighted by molar-refractivity contribution is 6.30. The van der Waals surface area contributed by atoms with Crippen molar-refractivity contribution in [2.24, 2.45) is 0 Å². The van der Waals surface area contributed by atoms with E-state index >= 15 is 0 Å². The van der Waals surface area contributed by atoms with Crippen molar-refractivity contribution in [1.29, 1.82) is 0 Å². The van der Waals surface area contributed by atoms with Gasteiger partial charge in [0.05, 0.1) is 6.54 Å². The lowest BCUT2D eigenvalue weighted by Gasteiger charge is -2.34. The van der Waals surface area contributed by atoms with Gasteiger partial charge in [0.25, 0.3) is 0 Å². The lowest BCUT2D eigenvalue weighted by molar-refractivity contribution is -0.122. The number of benzene rings is 2. The van der Waals surface area contributed by atoms with Crippen LogP contribution < -0.4 is 5.32 Å². The maximum atomic E-state index is 13.3.